The minimum atomic E-state index is -1.93. The van der Waals surface area contributed by atoms with E-state index in [4.69, 9.17) is 13.6 Å². The van der Waals surface area contributed by atoms with Gasteiger partial charge < -0.3 is 23.8 Å². The molecule has 0 saturated heterocycles. The number of aromatic hydroxyl groups is 2. The van der Waals surface area contributed by atoms with Crippen LogP contribution in [-0.2, 0) is 13.6 Å². The van der Waals surface area contributed by atoms with E-state index in [-0.39, 0.29) is 11.5 Å². The topological polar surface area (TPSA) is 102 Å². The zero-order valence-corrected chi connectivity index (χ0v) is 21.8. The molecule has 0 fully saturated rings. The van der Waals surface area contributed by atoms with Crippen LogP contribution in [-0.4, -0.2) is 52.0 Å². The standard InChI is InChI=1S/C24H34O7Si2/c1-32(2,17-5-15-29-23(27)19-7-11-21(25)12-8-19)31-33(3,4)18-6-16-30-24(28)20-9-13-22(26)14-10-20/h7-14,25-26H,5-6,15-18H2,1-4H3. The summed E-state index contributed by atoms with van der Waals surface area (Å²) in [5, 5.41) is 18.6. The number of carbonyl (C=O) groups is 2. The average Bonchev–Trinajstić information content (AvgIpc) is 2.74. The molecule has 0 unspecified atom stereocenters. The lowest BCUT2D eigenvalue weighted by molar-refractivity contribution is 0.0496. The SMILES string of the molecule is C[Si](C)(CCCOC(=O)c1ccc(O)cc1)O[Si](C)(C)CCCOC(=O)c1ccc(O)cc1. The highest BCUT2D eigenvalue weighted by atomic mass is 28.4. The van der Waals surface area contributed by atoms with E-state index in [2.05, 4.69) is 26.2 Å². The molecule has 0 radical (unpaired) electrons. The Labute approximate surface area is 197 Å². The van der Waals surface area contributed by atoms with Gasteiger partial charge in [-0.3, -0.25) is 0 Å². The average molecular weight is 491 g/mol. The summed E-state index contributed by atoms with van der Waals surface area (Å²) in [7, 11) is -3.86. The van der Waals surface area contributed by atoms with Crippen LogP contribution in [0.25, 0.3) is 0 Å². The molecule has 2 aromatic carbocycles. The van der Waals surface area contributed by atoms with Crippen molar-refractivity contribution in [3.63, 3.8) is 0 Å². The van der Waals surface area contributed by atoms with Crippen LogP contribution in [0.15, 0.2) is 48.5 Å². The Kier molecular flexibility index (Phi) is 9.69. The second kappa shape index (κ2) is 12.0. The van der Waals surface area contributed by atoms with Gasteiger partial charge in [0.25, 0.3) is 0 Å². The number of hydrogen-bond acceptors (Lipinski definition) is 7. The van der Waals surface area contributed by atoms with Gasteiger partial charge in [0.15, 0.2) is 16.6 Å². The monoisotopic (exact) mass is 490 g/mol. The molecule has 0 spiro atoms. The number of phenolic OH excluding ortho intramolecular Hbond substituents is 2. The quantitative estimate of drug-likeness (QED) is 0.236. The van der Waals surface area contributed by atoms with Crippen molar-refractivity contribution in [3.8, 4) is 11.5 Å². The molecule has 0 aliphatic carbocycles. The molecule has 2 N–H and O–H groups in total. The van der Waals surface area contributed by atoms with Gasteiger partial charge in [0, 0.05) is 0 Å². The van der Waals surface area contributed by atoms with Crippen molar-refractivity contribution in [1.29, 1.82) is 0 Å². The Balaban J connectivity index is 1.67. The Hall–Kier alpha value is -2.63. The van der Waals surface area contributed by atoms with Crippen molar-refractivity contribution in [2.24, 2.45) is 0 Å². The predicted molar refractivity (Wildman–Crippen MR) is 132 cm³/mol. The largest absolute Gasteiger partial charge is 0.508 e. The van der Waals surface area contributed by atoms with Gasteiger partial charge in [-0.15, -0.1) is 0 Å². The van der Waals surface area contributed by atoms with E-state index in [1.165, 1.54) is 48.5 Å². The Morgan fingerprint density at radius 1 is 0.667 bits per heavy atom. The molecule has 0 atom stereocenters. The van der Waals surface area contributed by atoms with Crippen LogP contribution in [0.4, 0.5) is 0 Å². The molecule has 0 aliphatic rings. The van der Waals surface area contributed by atoms with E-state index < -0.39 is 28.6 Å². The molecule has 0 bridgehead atoms. The summed E-state index contributed by atoms with van der Waals surface area (Å²) in [5.74, 6) is -0.573. The molecule has 0 aromatic heterocycles. The van der Waals surface area contributed by atoms with Gasteiger partial charge in [0.05, 0.1) is 24.3 Å². The first kappa shape index (κ1) is 26.6. The number of benzene rings is 2. The minimum absolute atomic E-state index is 0.110. The Morgan fingerprint density at radius 3 is 1.33 bits per heavy atom. The molecule has 0 amide bonds. The highest BCUT2D eigenvalue weighted by Crippen LogP contribution is 2.24. The van der Waals surface area contributed by atoms with Gasteiger partial charge in [-0.1, -0.05) is 0 Å². The van der Waals surface area contributed by atoms with Crippen LogP contribution in [0, 0.1) is 0 Å². The van der Waals surface area contributed by atoms with E-state index in [0.717, 1.165) is 24.9 Å². The van der Waals surface area contributed by atoms with Crippen molar-refractivity contribution in [2.45, 2.75) is 51.1 Å². The van der Waals surface area contributed by atoms with Gasteiger partial charge in [-0.05, 0) is 99.6 Å². The van der Waals surface area contributed by atoms with Crippen LogP contribution >= 0.6 is 0 Å². The lowest BCUT2D eigenvalue weighted by Gasteiger charge is -2.34. The fourth-order valence-corrected chi connectivity index (χ4v) is 12.3. The van der Waals surface area contributed by atoms with Crippen molar-refractivity contribution in [3.05, 3.63) is 59.7 Å². The van der Waals surface area contributed by atoms with Gasteiger partial charge in [-0.25, -0.2) is 9.59 Å². The molecule has 0 aliphatic heterocycles. The second-order valence-electron chi connectivity index (χ2n) is 9.19. The fourth-order valence-electron chi connectivity index (χ4n) is 3.54. The number of phenols is 2. The third-order valence-corrected chi connectivity index (χ3v) is 12.6. The van der Waals surface area contributed by atoms with Crippen molar-refractivity contribution < 1.29 is 33.4 Å². The van der Waals surface area contributed by atoms with Crippen LogP contribution in [0.2, 0.25) is 38.3 Å². The second-order valence-corrected chi connectivity index (χ2v) is 18.0. The predicted octanol–water partition coefficient (Wildman–Crippen LogP) is 5.32. The van der Waals surface area contributed by atoms with Gasteiger partial charge in [0.2, 0.25) is 0 Å². The summed E-state index contributed by atoms with van der Waals surface area (Å²) in [4.78, 5) is 24.1. The first-order valence-electron chi connectivity index (χ1n) is 11.1. The molecular formula is C24H34O7Si2. The minimum Gasteiger partial charge on any atom is -0.508 e. The van der Waals surface area contributed by atoms with Crippen LogP contribution in [0.1, 0.15) is 33.6 Å². The Bertz CT molecular complexity index is 834. The summed E-state index contributed by atoms with van der Waals surface area (Å²) >= 11 is 0. The van der Waals surface area contributed by atoms with Crippen molar-refractivity contribution in [1.82, 2.24) is 0 Å². The summed E-state index contributed by atoms with van der Waals surface area (Å²) in [6, 6.07) is 13.7. The smallest absolute Gasteiger partial charge is 0.338 e. The normalized spacial score (nSPS) is 11.8. The molecular weight excluding hydrogens is 456 g/mol. The zero-order valence-electron chi connectivity index (χ0n) is 19.8. The lowest BCUT2D eigenvalue weighted by atomic mass is 10.2. The summed E-state index contributed by atoms with van der Waals surface area (Å²) in [6.07, 6.45) is 1.47. The molecule has 0 heterocycles. The lowest BCUT2D eigenvalue weighted by Crippen LogP contribution is -2.44. The highest BCUT2D eigenvalue weighted by molar-refractivity contribution is 6.84. The number of ether oxygens (including phenoxy) is 2. The van der Waals surface area contributed by atoms with Crippen LogP contribution in [0.5, 0.6) is 11.5 Å². The molecule has 2 rings (SSSR count). The van der Waals surface area contributed by atoms with E-state index in [1.54, 1.807) is 0 Å². The number of esters is 2. The number of hydrogen-bond donors (Lipinski definition) is 2. The van der Waals surface area contributed by atoms with Crippen LogP contribution < -0.4 is 0 Å². The van der Waals surface area contributed by atoms with E-state index in [1.807, 2.05) is 0 Å². The maximum atomic E-state index is 12.0. The van der Waals surface area contributed by atoms with Crippen molar-refractivity contribution in [2.75, 3.05) is 13.2 Å². The molecule has 7 nitrogen and oxygen atoms in total. The zero-order chi connectivity index (χ0) is 24.5. The first-order chi connectivity index (χ1) is 15.5. The van der Waals surface area contributed by atoms with Gasteiger partial charge in [0.1, 0.15) is 11.5 Å². The molecule has 0 saturated carbocycles. The fraction of sp³-hybridized carbons (Fsp3) is 0.417. The number of rotatable bonds is 12. The molecule has 9 heteroatoms. The van der Waals surface area contributed by atoms with Crippen LogP contribution in [0.3, 0.4) is 0 Å². The van der Waals surface area contributed by atoms with Gasteiger partial charge >= 0.3 is 11.9 Å². The summed E-state index contributed by atoms with van der Waals surface area (Å²) < 4.78 is 17.2. The Morgan fingerprint density at radius 2 is 1.00 bits per heavy atom. The molecule has 33 heavy (non-hydrogen) atoms. The van der Waals surface area contributed by atoms with E-state index in [9.17, 15) is 19.8 Å². The molecule has 180 valence electrons. The van der Waals surface area contributed by atoms with Crippen molar-refractivity contribution >= 4 is 28.6 Å². The summed E-state index contributed by atoms with van der Waals surface area (Å²) in [6.45, 7) is 9.36. The molecule has 2 aromatic rings. The first-order valence-corrected chi connectivity index (χ1v) is 17.3. The maximum absolute atomic E-state index is 12.0. The third kappa shape index (κ3) is 9.81. The highest BCUT2D eigenvalue weighted by Gasteiger charge is 2.32. The number of carbonyl (C=O) groups excluding carboxylic acids is 2. The third-order valence-electron chi connectivity index (χ3n) is 5.07. The summed E-state index contributed by atoms with van der Waals surface area (Å²) in [5.41, 5.74) is 0.834. The van der Waals surface area contributed by atoms with E-state index in [0.29, 0.717) is 24.3 Å². The maximum Gasteiger partial charge on any atom is 0.338 e. The van der Waals surface area contributed by atoms with Gasteiger partial charge in [-0.2, -0.15) is 0 Å². The van der Waals surface area contributed by atoms with E-state index >= 15 is 0 Å².